The van der Waals surface area contributed by atoms with Crippen molar-refractivity contribution >= 4 is 38.1 Å². The molecule has 1 amide bonds. The first-order chi connectivity index (χ1) is 15.8. The molecule has 0 radical (unpaired) electrons. The summed E-state index contributed by atoms with van der Waals surface area (Å²) in [5.74, 6) is 0.757. The summed E-state index contributed by atoms with van der Waals surface area (Å²) in [6.07, 6.45) is 2.18. The molecule has 1 heterocycles. The van der Waals surface area contributed by atoms with Crippen molar-refractivity contribution in [2.75, 3.05) is 23.3 Å². The molecule has 1 aromatic heterocycles. The topological polar surface area (TPSA) is 101 Å². The Morgan fingerprint density at radius 3 is 2.52 bits per heavy atom. The van der Waals surface area contributed by atoms with Gasteiger partial charge in [-0.1, -0.05) is 29.0 Å². The van der Waals surface area contributed by atoms with Crippen LogP contribution in [0.15, 0.2) is 47.4 Å². The molecular weight excluding hydrogens is 460 g/mol. The van der Waals surface area contributed by atoms with Gasteiger partial charge in [0.25, 0.3) is 10.0 Å². The number of rotatable bonds is 9. The van der Waals surface area contributed by atoms with E-state index in [-0.39, 0.29) is 23.8 Å². The quantitative estimate of drug-likeness (QED) is 0.485. The third kappa shape index (κ3) is 5.33. The Kier molecular flexibility index (Phi) is 6.66. The van der Waals surface area contributed by atoms with Crippen LogP contribution in [0.2, 0.25) is 0 Å². The smallest absolute Gasteiger partial charge is 0.264 e. The van der Waals surface area contributed by atoms with E-state index in [1.165, 1.54) is 15.6 Å². The molecule has 1 N–H and O–H groups in total. The minimum atomic E-state index is -3.90. The number of nitrogens with one attached hydrogen (secondary N) is 1. The van der Waals surface area contributed by atoms with Crippen molar-refractivity contribution in [3.05, 3.63) is 58.6 Å². The van der Waals surface area contributed by atoms with Crippen molar-refractivity contribution in [2.24, 2.45) is 0 Å². The van der Waals surface area contributed by atoms with Crippen LogP contribution in [0.25, 0.3) is 0 Å². The molecule has 1 aliphatic carbocycles. The molecule has 2 aromatic carbocycles. The fourth-order valence-electron chi connectivity index (χ4n) is 3.51. The predicted molar refractivity (Wildman–Crippen MR) is 129 cm³/mol. The van der Waals surface area contributed by atoms with Crippen LogP contribution in [-0.2, 0) is 14.8 Å². The number of methoxy groups -OCH3 is 1. The van der Waals surface area contributed by atoms with Gasteiger partial charge in [0.05, 0.1) is 17.7 Å². The minimum absolute atomic E-state index is 0.0257. The summed E-state index contributed by atoms with van der Waals surface area (Å²) >= 11 is 1.37. The molecule has 4 rings (SSSR count). The van der Waals surface area contributed by atoms with Crippen molar-refractivity contribution < 1.29 is 17.9 Å². The van der Waals surface area contributed by atoms with E-state index in [1.54, 1.807) is 50.4 Å². The lowest BCUT2D eigenvalue weighted by Gasteiger charge is -2.25. The molecule has 0 spiro atoms. The number of sulfonamides is 1. The van der Waals surface area contributed by atoms with E-state index in [9.17, 15) is 13.2 Å². The highest BCUT2D eigenvalue weighted by molar-refractivity contribution is 7.92. The fraction of sp³-hybridized carbons (Fsp3) is 0.348. The average Bonchev–Trinajstić information content (AvgIpc) is 3.53. The third-order valence-electron chi connectivity index (χ3n) is 5.41. The Morgan fingerprint density at radius 1 is 1.15 bits per heavy atom. The van der Waals surface area contributed by atoms with E-state index in [0.29, 0.717) is 28.0 Å². The highest BCUT2D eigenvalue weighted by Gasteiger charge is 2.29. The van der Waals surface area contributed by atoms with Crippen LogP contribution in [-0.4, -0.2) is 38.2 Å². The highest BCUT2D eigenvalue weighted by Crippen LogP contribution is 2.42. The van der Waals surface area contributed by atoms with Crippen LogP contribution in [0.1, 0.15) is 41.3 Å². The number of nitrogens with zero attached hydrogens (tertiary/aromatic N) is 3. The normalized spacial score (nSPS) is 13.5. The number of benzene rings is 2. The maximum absolute atomic E-state index is 13.6. The molecule has 8 nitrogen and oxygen atoms in total. The van der Waals surface area contributed by atoms with Crippen molar-refractivity contribution in [3.8, 4) is 5.75 Å². The van der Waals surface area contributed by atoms with Crippen LogP contribution < -0.4 is 14.4 Å². The van der Waals surface area contributed by atoms with Crippen LogP contribution in [0.4, 0.5) is 10.8 Å². The number of hydrogen-bond acceptors (Lipinski definition) is 7. The number of ether oxygens (including phenoxy) is 1. The molecular formula is C23H26N4O4S2. The average molecular weight is 487 g/mol. The number of amides is 1. The van der Waals surface area contributed by atoms with Gasteiger partial charge in [-0.15, -0.1) is 10.2 Å². The first-order valence-electron chi connectivity index (χ1n) is 10.6. The number of aromatic nitrogens is 2. The van der Waals surface area contributed by atoms with Gasteiger partial charge in [0, 0.05) is 18.9 Å². The lowest BCUT2D eigenvalue weighted by atomic mass is 10.2. The van der Waals surface area contributed by atoms with Gasteiger partial charge >= 0.3 is 0 Å². The monoisotopic (exact) mass is 486 g/mol. The van der Waals surface area contributed by atoms with Gasteiger partial charge < -0.3 is 10.1 Å². The van der Waals surface area contributed by atoms with E-state index in [2.05, 4.69) is 15.5 Å². The lowest BCUT2D eigenvalue weighted by molar-refractivity contribution is -0.116. The van der Waals surface area contributed by atoms with Gasteiger partial charge in [0.15, 0.2) is 0 Å². The Hall–Kier alpha value is -2.98. The first kappa shape index (κ1) is 23.2. The molecule has 1 aliphatic rings. The summed E-state index contributed by atoms with van der Waals surface area (Å²) in [7, 11) is -2.35. The molecule has 10 heteroatoms. The van der Waals surface area contributed by atoms with E-state index in [0.717, 1.165) is 23.4 Å². The molecule has 0 atom stereocenters. The number of carbonyl (C=O) groups is 1. The minimum Gasteiger partial charge on any atom is -0.497 e. The summed E-state index contributed by atoms with van der Waals surface area (Å²) in [5, 5.41) is 12.3. The Morgan fingerprint density at radius 2 is 1.88 bits per heavy atom. The SMILES string of the molecule is COc1ccc(N(CCC(=O)Nc2nnc(C3CC3)s2)S(=O)(=O)c2ccc(C)cc2C)cc1. The standard InChI is InChI=1S/C23H26N4O4S2/c1-15-4-11-20(16(2)14-15)33(29,30)27(18-7-9-19(31-3)10-8-18)13-12-21(28)24-23-26-25-22(32-23)17-5-6-17/h4,7-11,14,17H,5-6,12-13H2,1-3H3,(H,24,26,28). The van der Waals surface area contributed by atoms with E-state index >= 15 is 0 Å². The zero-order valence-corrected chi connectivity index (χ0v) is 20.4. The molecule has 174 valence electrons. The number of carbonyl (C=O) groups excluding carboxylic acids is 1. The molecule has 0 unspecified atom stereocenters. The summed E-state index contributed by atoms with van der Waals surface area (Å²) in [6.45, 7) is 3.66. The second-order valence-electron chi connectivity index (χ2n) is 8.06. The molecule has 1 saturated carbocycles. The lowest BCUT2D eigenvalue weighted by Crippen LogP contribution is -2.34. The van der Waals surface area contributed by atoms with Crippen molar-refractivity contribution in [1.82, 2.24) is 10.2 Å². The zero-order chi connectivity index (χ0) is 23.6. The summed E-state index contributed by atoms with van der Waals surface area (Å²) in [6, 6.07) is 11.9. The van der Waals surface area contributed by atoms with Gasteiger partial charge in [0.2, 0.25) is 11.0 Å². The number of hydrogen-bond donors (Lipinski definition) is 1. The second-order valence-corrected chi connectivity index (χ2v) is 10.9. The van der Waals surface area contributed by atoms with E-state index in [1.807, 2.05) is 13.0 Å². The maximum Gasteiger partial charge on any atom is 0.264 e. The van der Waals surface area contributed by atoms with E-state index < -0.39 is 10.0 Å². The summed E-state index contributed by atoms with van der Waals surface area (Å²) < 4.78 is 33.7. The highest BCUT2D eigenvalue weighted by atomic mass is 32.2. The molecule has 0 saturated heterocycles. The second kappa shape index (κ2) is 9.48. The van der Waals surface area contributed by atoms with E-state index in [4.69, 9.17) is 4.74 Å². The van der Waals surface area contributed by atoms with Gasteiger partial charge in [-0.05, 0) is 62.6 Å². The van der Waals surface area contributed by atoms with Crippen LogP contribution in [0.3, 0.4) is 0 Å². The predicted octanol–water partition coefficient (Wildman–Crippen LogP) is 4.27. The Bertz CT molecular complexity index is 1250. The summed E-state index contributed by atoms with van der Waals surface area (Å²) in [4.78, 5) is 12.8. The van der Waals surface area contributed by atoms with Crippen molar-refractivity contribution in [1.29, 1.82) is 0 Å². The van der Waals surface area contributed by atoms with Crippen LogP contribution in [0, 0.1) is 13.8 Å². The molecule has 0 bridgehead atoms. The zero-order valence-electron chi connectivity index (χ0n) is 18.7. The Labute approximate surface area is 197 Å². The number of aryl methyl sites for hydroxylation is 2. The number of anilines is 2. The van der Waals surface area contributed by atoms with Crippen molar-refractivity contribution in [2.45, 2.75) is 43.9 Å². The summed E-state index contributed by atoms with van der Waals surface area (Å²) in [5.41, 5.74) is 2.08. The maximum atomic E-state index is 13.6. The Balaban J connectivity index is 1.55. The van der Waals surface area contributed by atoms with Gasteiger partial charge in [-0.2, -0.15) is 0 Å². The largest absolute Gasteiger partial charge is 0.497 e. The van der Waals surface area contributed by atoms with Crippen molar-refractivity contribution in [3.63, 3.8) is 0 Å². The first-order valence-corrected chi connectivity index (χ1v) is 12.9. The van der Waals surface area contributed by atoms with Gasteiger partial charge in [-0.25, -0.2) is 8.42 Å². The molecule has 1 fully saturated rings. The van der Waals surface area contributed by atoms with Gasteiger partial charge in [0.1, 0.15) is 10.8 Å². The van der Waals surface area contributed by atoms with Gasteiger partial charge in [-0.3, -0.25) is 9.10 Å². The molecule has 33 heavy (non-hydrogen) atoms. The molecule has 0 aliphatic heterocycles. The van der Waals surface area contributed by atoms with Crippen LogP contribution in [0.5, 0.6) is 5.75 Å². The van der Waals surface area contributed by atoms with Crippen LogP contribution >= 0.6 is 11.3 Å². The third-order valence-corrected chi connectivity index (χ3v) is 8.40. The fourth-order valence-corrected chi connectivity index (χ4v) is 6.11. The molecule has 3 aromatic rings.